The first kappa shape index (κ1) is 18.4. The SMILES string of the molecule is COc1ccc(/C=C/C(=O)N(C2CCS(=O)(=O)C2)N(C)C)cc1F. The van der Waals surface area contributed by atoms with Crippen molar-refractivity contribution in [2.75, 3.05) is 32.7 Å². The normalized spacial score (nSPS) is 19.8. The molecule has 1 unspecified atom stereocenters. The fourth-order valence-corrected chi connectivity index (χ4v) is 4.39. The van der Waals surface area contributed by atoms with Crippen LogP contribution < -0.4 is 4.74 Å². The quantitative estimate of drug-likeness (QED) is 0.588. The summed E-state index contributed by atoms with van der Waals surface area (Å²) in [5, 5.41) is 2.99. The average Bonchev–Trinajstić information content (AvgIpc) is 2.84. The van der Waals surface area contributed by atoms with E-state index < -0.39 is 15.7 Å². The van der Waals surface area contributed by atoms with Crippen LogP contribution >= 0.6 is 0 Å². The van der Waals surface area contributed by atoms with Gasteiger partial charge in [0, 0.05) is 20.2 Å². The highest BCUT2D eigenvalue weighted by atomic mass is 32.2. The van der Waals surface area contributed by atoms with Gasteiger partial charge in [-0.15, -0.1) is 0 Å². The molecule has 1 atom stereocenters. The lowest BCUT2D eigenvalue weighted by Crippen LogP contribution is -2.48. The maximum Gasteiger partial charge on any atom is 0.261 e. The standard InChI is InChI=1S/C16H21FN2O4S/c1-18(2)19(13-8-9-24(21,22)11-13)16(20)7-5-12-4-6-15(23-3)14(17)10-12/h4-7,10,13H,8-9,11H2,1-3H3/b7-5+. The topological polar surface area (TPSA) is 66.9 Å². The highest BCUT2D eigenvalue weighted by Crippen LogP contribution is 2.20. The summed E-state index contributed by atoms with van der Waals surface area (Å²) in [6.45, 7) is 0. The van der Waals surface area contributed by atoms with Crippen molar-refractivity contribution >= 4 is 21.8 Å². The van der Waals surface area contributed by atoms with Crippen LogP contribution in [-0.4, -0.2) is 63.1 Å². The molecular weight excluding hydrogens is 335 g/mol. The molecule has 132 valence electrons. The van der Waals surface area contributed by atoms with Crippen molar-refractivity contribution in [3.8, 4) is 5.75 Å². The second-order valence-electron chi connectivity index (χ2n) is 5.81. The van der Waals surface area contributed by atoms with Crippen molar-refractivity contribution in [1.29, 1.82) is 0 Å². The van der Waals surface area contributed by atoms with Crippen LogP contribution in [0.2, 0.25) is 0 Å². The number of carbonyl (C=O) groups excluding carboxylic acids is 1. The summed E-state index contributed by atoms with van der Waals surface area (Å²) in [4.78, 5) is 12.4. The van der Waals surface area contributed by atoms with Crippen molar-refractivity contribution in [1.82, 2.24) is 10.0 Å². The number of nitrogens with zero attached hydrogens (tertiary/aromatic N) is 2. The zero-order chi connectivity index (χ0) is 17.9. The number of hydrazine groups is 1. The number of carbonyl (C=O) groups is 1. The Balaban J connectivity index is 2.15. The fourth-order valence-electron chi connectivity index (χ4n) is 2.70. The number of ether oxygens (including phenoxy) is 1. The monoisotopic (exact) mass is 356 g/mol. The molecule has 0 bridgehead atoms. The van der Waals surface area contributed by atoms with Gasteiger partial charge in [0.05, 0.1) is 24.7 Å². The van der Waals surface area contributed by atoms with Crippen LogP contribution in [-0.2, 0) is 14.6 Å². The van der Waals surface area contributed by atoms with Gasteiger partial charge < -0.3 is 4.74 Å². The zero-order valence-electron chi connectivity index (χ0n) is 13.9. The van der Waals surface area contributed by atoms with Crippen LogP contribution in [0, 0.1) is 5.82 Å². The Morgan fingerprint density at radius 2 is 2.08 bits per heavy atom. The second-order valence-corrected chi connectivity index (χ2v) is 8.04. The van der Waals surface area contributed by atoms with E-state index in [1.807, 2.05) is 0 Å². The van der Waals surface area contributed by atoms with Crippen molar-refractivity contribution < 1.29 is 22.3 Å². The molecule has 1 fully saturated rings. The van der Waals surface area contributed by atoms with Crippen LogP contribution in [0.1, 0.15) is 12.0 Å². The minimum Gasteiger partial charge on any atom is -0.494 e. The van der Waals surface area contributed by atoms with E-state index in [0.29, 0.717) is 12.0 Å². The third kappa shape index (κ3) is 4.33. The summed E-state index contributed by atoms with van der Waals surface area (Å²) < 4.78 is 41.8. The number of rotatable bonds is 5. The highest BCUT2D eigenvalue weighted by molar-refractivity contribution is 7.91. The van der Waals surface area contributed by atoms with E-state index in [1.165, 1.54) is 36.4 Å². The van der Waals surface area contributed by atoms with Crippen molar-refractivity contribution in [3.63, 3.8) is 0 Å². The van der Waals surface area contributed by atoms with Gasteiger partial charge in [-0.1, -0.05) is 6.07 Å². The lowest BCUT2D eigenvalue weighted by atomic mass is 10.2. The molecule has 1 amide bonds. The molecule has 0 aliphatic carbocycles. The molecule has 0 saturated carbocycles. The van der Waals surface area contributed by atoms with E-state index in [0.717, 1.165) is 0 Å². The number of amides is 1. The Kier molecular flexibility index (Phi) is 5.61. The van der Waals surface area contributed by atoms with Crippen LogP contribution in [0.15, 0.2) is 24.3 Å². The van der Waals surface area contributed by atoms with Gasteiger partial charge in [0.2, 0.25) is 0 Å². The Labute approximate surface area is 141 Å². The molecule has 0 aromatic heterocycles. The van der Waals surface area contributed by atoms with Gasteiger partial charge in [0.15, 0.2) is 21.4 Å². The summed E-state index contributed by atoms with van der Waals surface area (Å²) in [6.07, 6.45) is 3.22. The molecule has 0 radical (unpaired) electrons. The van der Waals surface area contributed by atoms with E-state index >= 15 is 0 Å². The molecular formula is C16H21FN2O4S. The van der Waals surface area contributed by atoms with Gasteiger partial charge >= 0.3 is 0 Å². The Hall–Kier alpha value is -1.93. The number of hydrogen-bond donors (Lipinski definition) is 0. The number of halogens is 1. The largest absolute Gasteiger partial charge is 0.494 e. The Morgan fingerprint density at radius 3 is 2.58 bits per heavy atom. The van der Waals surface area contributed by atoms with Crippen molar-refractivity contribution in [3.05, 3.63) is 35.7 Å². The van der Waals surface area contributed by atoms with Gasteiger partial charge in [-0.25, -0.2) is 17.8 Å². The smallest absolute Gasteiger partial charge is 0.261 e. The molecule has 0 spiro atoms. The van der Waals surface area contributed by atoms with Gasteiger partial charge in [0.25, 0.3) is 5.91 Å². The summed E-state index contributed by atoms with van der Waals surface area (Å²) in [5.74, 6) is -0.689. The molecule has 1 aliphatic rings. The van der Waals surface area contributed by atoms with Crippen LogP contribution in [0.5, 0.6) is 5.75 Å². The molecule has 1 aliphatic heterocycles. The third-order valence-electron chi connectivity index (χ3n) is 3.81. The number of hydrogen-bond acceptors (Lipinski definition) is 5. The van der Waals surface area contributed by atoms with Gasteiger partial charge in [-0.3, -0.25) is 9.80 Å². The summed E-state index contributed by atoms with van der Waals surface area (Å²) >= 11 is 0. The molecule has 1 saturated heterocycles. The molecule has 24 heavy (non-hydrogen) atoms. The first-order valence-electron chi connectivity index (χ1n) is 7.46. The Morgan fingerprint density at radius 1 is 1.38 bits per heavy atom. The summed E-state index contributed by atoms with van der Waals surface area (Å²) in [5.41, 5.74) is 0.513. The first-order chi connectivity index (χ1) is 11.2. The number of sulfone groups is 1. The minimum atomic E-state index is -3.10. The second kappa shape index (κ2) is 7.31. The predicted octanol–water partition coefficient (Wildman–Crippen LogP) is 1.34. The molecule has 1 aromatic rings. The van der Waals surface area contributed by atoms with E-state index in [-0.39, 0.29) is 29.2 Å². The van der Waals surface area contributed by atoms with E-state index in [4.69, 9.17) is 4.74 Å². The van der Waals surface area contributed by atoms with Crippen LogP contribution in [0.4, 0.5) is 4.39 Å². The average molecular weight is 356 g/mol. The van der Waals surface area contributed by atoms with Gasteiger partial charge in [-0.05, 0) is 30.2 Å². The molecule has 2 rings (SSSR count). The minimum absolute atomic E-state index is 0.0398. The molecule has 1 aromatic carbocycles. The maximum atomic E-state index is 13.7. The summed E-state index contributed by atoms with van der Waals surface area (Å²) in [6, 6.07) is 4.00. The van der Waals surface area contributed by atoms with Crippen molar-refractivity contribution in [2.24, 2.45) is 0 Å². The lowest BCUT2D eigenvalue weighted by Gasteiger charge is -2.32. The van der Waals surface area contributed by atoms with Crippen molar-refractivity contribution in [2.45, 2.75) is 12.5 Å². The predicted molar refractivity (Wildman–Crippen MR) is 89.6 cm³/mol. The zero-order valence-corrected chi connectivity index (χ0v) is 14.7. The van der Waals surface area contributed by atoms with Gasteiger partial charge in [0.1, 0.15) is 0 Å². The van der Waals surface area contributed by atoms with Crippen LogP contribution in [0.3, 0.4) is 0 Å². The number of methoxy groups -OCH3 is 1. The highest BCUT2D eigenvalue weighted by Gasteiger charge is 2.35. The molecule has 6 nitrogen and oxygen atoms in total. The van der Waals surface area contributed by atoms with Gasteiger partial charge in [-0.2, -0.15) is 0 Å². The lowest BCUT2D eigenvalue weighted by molar-refractivity contribution is -0.143. The van der Waals surface area contributed by atoms with E-state index in [2.05, 4.69) is 0 Å². The maximum absolute atomic E-state index is 13.7. The molecule has 1 heterocycles. The first-order valence-corrected chi connectivity index (χ1v) is 9.28. The van der Waals surface area contributed by atoms with E-state index in [9.17, 15) is 17.6 Å². The summed E-state index contributed by atoms with van der Waals surface area (Å²) in [7, 11) is 1.65. The number of benzene rings is 1. The molecule has 8 heteroatoms. The van der Waals surface area contributed by atoms with E-state index in [1.54, 1.807) is 25.2 Å². The molecule has 0 N–H and O–H groups in total. The third-order valence-corrected chi connectivity index (χ3v) is 5.56. The fraction of sp³-hybridized carbons (Fsp3) is 0.438. The Bertz CT molecular complexity index is 746. The van der Waals surface area contributed by atoms with Crippen LogP contribution in [0.25, 0.3) is 6.08 Å².